The summed E-state index contributed by atoms with van der Waals surface area (Å²) >= 11 is 0. The predicted octanol–water partition coefficient (Wildman–Crippen LogP) is -0.347. The highest BCUT2D eigenvalue weighted by atomic mass is 16.6. The molecule has 1 heterocycles. The van der Waals surface area contributed by atoms with E-state index in [9.17, 15) is 10.1 Å². The zero-order valence-electron chi connectivity index (χ0n) is 5.57. The van der Waals surface area contributed by atoms with Gasteiger partial charge in [0.1, 0.15) is 5.69 Å². The van der Waals surface area contributed by atoms with Crippen molar-refractivity contribution in [3.63, 3.8) is 0 Å². The second-order valence-corrected chi connectivity index (χ2v) is 1.87. The molecule has 1 radical (unpaired) electrons. The molecule has 0 aromatic carbocycles. The number of rotatable bonds is 3. The van der Waals surface area contributed by atoms with Crippen molar-refractivity contribution in [1.82, 2.24) is 9.97 Å². The summed E-state index contributed by atoms with van der Waals surface area (Å²) < 4.78 is 0. The minimum atomic E-state index is -0.589. The molecule has 0 aliphatic rings. The number of aliphatic hydroxyl groups is 1. The molecule has 1 aromatic heterocycles. The van der Waals surface area contributed by atoms with Gasteiger partial charge < -0.3 is 15.2 Å². The molecule has 0 aliphatic carbocycles. The first-order valence-corrected chi connectivity index (χ1v) is 2.96. The van der Waals surface area contributed by atoms with Gasteiger partial charge in [0, 0.05) is 13.0 Å². The Balaban J connectivity index is 2.87. The maximum absolute atomic E-state index is 10.2. The third kappa shape index (κ3) is 1.53. The Hall–Kier alpha value is -1.43. The van der Waals surface area contributed by atoms with Crippen molar-refractivity contribution < 1.29 is 10.0 Å². The molecule has 6 heteroatoms. The molecule has 0 unspecified atom stereocenters. The minimum Gasteiger partial charge on any atom is -0.396 e. The molecule has 2 N–H and O–H groups in total. The molecular weight excluding hydrogens is 150 g/mol. The number of aliphatic hydroxyl groups excluding tert-OH is 1. The summed E-state index contributed by atoms with van der Waals surface area (Å²) in [5, 5.41) is 18.6. The number of nitro groups is 1. The van der Waals surface area contributed by atoms with Crippen LogP contribution in [0.25, 0.3) is 0 Å². The largest absolute Gasteiger partial charge is 0.396 e. The van der Waals surface area contributed by atoms with Gasteiger partial charge in [0.2, 0.25) is 0 Å². The third-order valence-corrected chi connectivity index (χ3v) is 1.17. The fraction of sp³-hybridized carbons (Fsp3) is 0.400. The molecule has 0 amide bonds. The lowest BCUT2D eigenvalue weighted by atomic mass is 10.3. The SMILES string of the molecule is O=[N+]([O-])c1[nH][c]nc1CCO. The zero-order valence-corrected chi connectivity index (χ0v) is 5.57. The number of imidazole rings is 1. The lowest BCUT2D eigenvalue weighted by molar-refractivity contribution is -0.390. The number of aromatic nitrogens is 2. The Kier molecular flexibility index (Phi) is 2.17. The van der Waals surface area contributed by atoms with Crippen LogP contribution in [0.2, 0.25) is 0 Å². The van der Waals surface area contributed by atoms with E-state index in [0.717, 1.165) is 0 Å². The molecule has 0 saturated heterocycles. The monoisotopic (exact) mass is 156 g/mol. The highest BCUT2D eigenvalue weighted by Gasteiger charge is 2.13. The van der Waals surface area contributed by atoms with E-state index in [-0.39, 0.29) is 24.5 Å². The van der Waals surface area contributed by atoms with Gasteiger partial charge >= 0.3 is 5.82 Å². The van der Waals surface area contributed by atoms with Crippen molar-refractivity contribution in [3.05, 3.63) is 22.1 Å². The van der Waals surface area contributed by atoms with Crippen LogP contribution in [0.3, 0.4) is 0 Å². The average Bonchev–Trinajstić information content (AvgIpc) is 2.36. The first-order valence-electron chi connectivity index (χ1n) is 2.96. The van der Waals surface area contributed by atoms with E-state index in [1.54, 1.807) is 0 Å². The van der Waals surface area contributed by atoms with E-state index in [1.807, 2.05) is 0 Å². The number of hydrogen-bond donors (Lipinski definition) is 2. The van der Waals surface area contributed by atoms with Crippen molar-refractivity contribution in [1.29, 1.82) is 0 Å². The number of nitrogens with one attached hydrogen (secondary N) is 1. The van der Waals surface area contributed by atoms with Gasteiger partial charge in [-0.15, -0.1) is 0 Å². The summed E-state index contributed by atoms with van der Waals surface area (Å²) in [5.74, 6) is -0.195. The number of hydrogen-bond acceptors (Lipinski definition) is 4. The van der Waals surface area contributed by atoms with E-state index >= 15 is 0 Å². The average molecular weight is 156 g/mol. The summed E-state index contributed by atoms with van der Waals surface area (Å²) in [7, 11) is 0. The van der Waals surface area contributed by atoms with Crippen LogP contribution in [0.1, 0.15) is 5.69 Å². The molecule has 0 aliphatic heterocycles. The smallest absolute Gasteiger partial charge is 0.344 e. The topological polar surface area (TPSA) is 92.0 Å². The highest BCUT2D eigenvalue weighted by Crippen LogP contribution is 2.11. The van der Waals surface area contributed by atoms with E-state index in [4.69, 9.17) is 5.11 Å². The summed E-state index contributed by atoms with van der Waals surface area (Å²) in [6.07, 6.45) is 2.41. The first kappa shape index (κ1) is 7.67. The maximum atomic E-state index is 10.2. The van der Waals surface area contributed by atoms with Crippen LogP contribution in [-0.2, 0) is 6.42 Å². The Morgan fingerprint density at radius 2 is 2.55 bits per heavy atom. The lowest BCUT2D eigenvalue weighted by Crippen LogP contribution is -1.97. The fourth-order valence-corrected chi connectivity index (χ4v) is 0.705. The van der Waals surface area contributed by atoms with Crippen molar-refractivity contribution in [2.24, 2.45) is 0 Å². The van der Waals surface area contributed by atoms with Gasteiger partial charge in [0.15, 0.2) is 0 Å². The van der Waals surface area contributed by atoms with Crippen LogP contribution in [0.5, 0.6) is 0 Å². The van der Waals surface area contributed by atoms with Gasteiger partial charge in [-0.05, 0) is 4.92 Å². The van der Waals surface area contributed by atoms with Crippen LogP contribution < -0.4 is 0 Å². The van der Waals surface area contributed by atoms with Crippen LogP contribution >= 0.6 is 0 Å². The molecule has 59 valence electrons. The molecule has 1 rings (SSSR count). The molecule has 0 spiro atoms. The van der Waals surface area contributed by atoms with Crippen molar-refractivity contribution >= 4 is 5.82 Å². The summed E-state index contributed by atoms with van der Waals surface area (Å²) in [4.78, 5) is 15.4. The summed E-state index contributed by atoms with van der Waals surface area (Å²) in [6.45, 7) is -0.153. The lowest BCUT2D eigenvalue weighted by Gasteiger charge is -1.92. The van der Waals surface area contributed by atoms with E-state index < -0.39 is 4.92 Å². The van der Waals surface area contributed by atoms with E-state index in [2.05, 4.69) is 16.3 Å². The number of nitrogens with zero attached hydrogens (tertiary/aromatic N) is 2. The molecule has 0 saturated carbocycles. The molecular formula is C5H6N3O3. The Bertz CT molecular complexity index is 257. The molecule has 0 bridgehead atoms. The number of H-pyrrole nitrogens is 1. The van der Waals surface area contributed by atoms with E-state index in [1.165, 1.54) is 0 Å². The Morgan fingerprint density at radius 1 is 1.82 bits per heavy atom. The van der Waals surface area contributed by atoms with Crippen LogP contribution in [0, 0.1) is 16.4 Å². The summed E-state index contributed by atoms with van der Waals surface area (Å²) in [5.41, 5.74) is 0.234. The van der Waals surface area contributed by atoms with Crippen LogP contribution in [-0.4, -0.2) is 26.6 Å². The van der Waals surface area contributed by atoms with Gasteiger partial charge in [-0.25, -0.2) is 9.97 Å². The predicted molar refractivity (Wildman–Crippen MR) is 34.9 cm³/mol. The van der Waals surface area contributed by atoms with Crippen molar-refractivity contribution in [2.45, 2.75) is 6.42 Å². The quantitative estimate of drug-likeness (QED) is 0.462. The Labute approximate surface area is 62.0 Å². The van der Waals surface area contributed by atoms with E-state index in [0.29, 0.717) is 0 Å². The Morgan fingerprint density at radius 3 is 3.09 bits per heavy atom. The first-order chi connectivity index (χ1) is 5.25. The maximum Gasteiger partial charge on any atom is 0.344 e. The molecule has 6 nitrogen and oxygen atoms in total. The van der Waals surface area contributed by atoms with Gasteiger partial charge in [0.05, 0.1) is 0 Å². The molecule has 0 fully saturated rings. The van der Waals surface area contributed by atoms with Gasteiger partial charge in [-0.3, -0.25) is 0 Å². The van der Waals surface area contributed by atoms with Crippen molar-refractivity contribution in [3.8, 4) is 0 Å². The molecule has 1 aromatic rings. The third-order valence-electron chi connectivity index (χ3n) is 1.17. The number of aromatic amines is 1. The molecule has 0 atom stereocenters. The zero-order chi connectivity index (χ0) is 8.27. The minimum absolute atomic E-state index is 0.153. The van der Waals surface area contributed by atoms with Gasteiger partial charge in [-0.2, -0.15) is 0 Å². The molecule has 11 heavy (non-hydrogen) atoms. The standard InChI is InChI=1S/C5H6N3O3/c9-2-1-4-5(8(10)11)7-3-6-4/h9H,1-2H2,(H,6,7). The van der Waals surface area contributed by atoms with Crippen LogP contribution in [0.4, 0.5) is 5.82 Å². The highest BCUT2D eigenvalue weighted by molar-refractivity contribution is 5.24. The van der Waals surface area contributed by atoms with Crippen LogP contribution in [0.15, 0.2) is 0 Å². The van der Waals surface area contributed by atoms with Crippen molar-refractivity contribution in [2.75, 3.05) is 6.61 Å². The summed E-state index contributed by atoms with van der Waals surface area (Å²) in [6, 6.07) is 0. The second kappa shape index (κ2) is 3.11. The fourth-order valence-electron chi connectivity index (χ4n) is 0.705. The van der Waals surface area contributed by atoms with Gasteiger partial charge in [0.25, 0.3) is 6.33 Å². The second-order valence-electron chi connectivity index (χ2n) is 1.87. The normalized spacial score (nSPS) is 9.91. The van der Waals surface area contributed by atoms with Gasteiger partial charge in [-0.1, -0.05) is 0 Å².